The fourth-order valence-corrected chi connectivity index (χ4v) is 1.71. The van der Waals surface area contributed by atoms with Gasteiger partial charge in [-0.2, -0.15) is 5.10 Å². The van der Waals surface area contributed by atoms with E-state index >= 15 is 0 Å². The molecule has 0 amide bonds. The van der Waals surface area contributed by atoms with E-state index in [1.807, 2.05) is 18.5 Å². The van der Waals surface area contributed by atoms with E-state index in [4.69, 9.17) is 5.11 Å². The van der Waals surface area contributed by atoms with E-state index in [1.165, 1.54) is 6.20 Å². The summed E-state index contributed by atoms with van der Waals surface area (Å²) < 4.78 is 1.83. The third kappa shape index (κ3) is 1.41. The smallest absolute Gasteiger partial charge is 0.339 e. The maximum Gasteiger partial charge on any atom is 0.339 e. The molecule has 0 aromatic carbocycles. The Bertz CT molecular complexity index is 364. The summed E-state index contributed by atoms with van der Waals surface area (Å²) >= 11 is 0. The van der Waals surface area contributed by atoms with Gasteiger partial charge in [0, 0.05) is 12.0 Å². The van der Waals surface area contributed by atoms with Crippen LogP contribution >= 0.6 is 0 Å². The molecule has 0 spiro atoms. The van der Waals surface area contributed by atoms with Crippen molar-refractivity contribution in [3.8, 4) is 0 Å². The topological polar surface area (TPSA) is 55.1 Å². The average molecular weight is 194 g/mol. The molecule has 0 bridgehead atoms. The Balaban J connectivity index is 2.46. The summed E-state index contributed by atoms with van der Waals surface area (Å²) in [5.41, 5.74) is 1.29. The fraction of sp³-hybridized carbons (Fsp3) is 0.600. The first-order chi connectivity index (χ1) is 6.61. The van der Waals surface area contributed by atoms with Gasteiger partial charge >= 0.3 is 5.97 Å². The van der Waals surface area contributed by atoms with Crippen molar-refractivity contribution in [3.05, 3.63) is 17.5 Å². The molecule has 0 aliphatic heterocycles. The summed E-state index contributed by atoms with van der Waals surface area (Å²) in [4.78, 5) is 10.9. The molecule has 1 heterocycles. The van der Waals surface area contributed by atoms with Gasteiger partial charge in [0.15, 0.2) is 0 Å². The van der Waals surface area contributed by atoms with Crippen molar-refractivity contribution in [1.29, 1.82) is 0 Å². The van der Waals surface area contributed by atoms with Crippen LogP contribution in [0.5, 0.6) is 0 Å². The Morgan fingerprint density at radius 2 is 2.29 bits per heavy atom. The van der Waals surface area contributed by atoms with Gasteiger partial charge in [-0.05, 0) is 26.7 Å². The van der Waals surface area contributed by atoms with Crippen LogP contribution in [0.2, 0.25) is 0 Å². The molecule has 1 saturated carbocycles. The molecule has 4 heteroatoms. The Morgan fingerprint density at radius 1 is 1.64 bits per heavy atom. The lowest BCUT2D eigenvalue weighted by Crippen LogP contribution is -2.09. The highest BCUT2D eigenvalue weighted by Crippen LogP contribution is 2.42. The van der Waals surface area contributed by atoms with E-state index in [2.05, 4.69) is 5.10 Å². The number of hydrogen-bond donors (Lipinski definition) is 1. The largest absolute Gasteiger partial charge is 0.478 e. The van der Waals surface area contributed by atoms with E-state index in [0.717, 1.165) is 18.5 Å². The molecule has 76 valence electrons. The predicted molar refractivity (Wildman–Crippen MR) is 51.5 cm³/mol. The molecule has 1 N–H and O–H groups in total. The monoisotopic (exact) mass is 194 g/mol. The van der Waals surface area contributed by atoms with Gasteiger partial charge < -0.3 is 5.11 Å². The lowest BCUT2D eigenvalue weighted by Gasteiger charge is -2.10. The standard InChI is InChI=1S/C10H14N2O2/c1-6(2)12-9(7-3-4-7)8(5-11-12)10(13)14/h5-7H,3-4H2,1-2H3,(H,13,14). The molecule has 1 fully saturated rings. The van der Waals surface area contributed by atoms with Crippen molar-refractivity contribution in [3.63, 3.8) is 0 Å². The molecule has 0 unspecified atom stereocenters. The normalized spacial score (nSPS) is 16.2. The minimum atomic E-state index is -0.862. The van der Waals surface area contributed by atoms with Gasteiger partial charge in [-0.15, -0.1) is 0 Å². The number of carbonyl (C=O) groups is 1. The van der Waals surface area contributed by atoms with E-state index in [-0.39, 0.29) is 6.04 Å². The molecule has 1 aliphatic carbocycles. The molecule has 4 nitrogen and oxygen atoms in total. The summed E-state index contributed by atoms with van der Waals surface area (Å²) in [6.07, 6.45) is 3.66. The first-order valence-electron chi connectivity index (χ1n) is 4.92. The van der Waals surface area contributed by atoms with Gasteiger partial charge in [0.1, 0.15) is 5.56 Å². The van der Waals surface area contributed by atoms with Gasteiger partial charge in [-0.1, -0.05) is 0 Å². The maximum atomic E-state index is 10.9. The number of nitrogens with zero attached hydrogens (tertiary/aromatic N) is 2. The van der Waals surface area contributed by atoms with Crippen LogP contribution < -0.4 is 0 Å². The molecule has 0 saturated heterocycles. The number of aromatic nitrogens is 2. The minimum absolute atomic E-state index is 0.235. The van der Waals surface area contributed by atoms with Crippen LogP contribution in [0.25, 0.3) is 0 Å². The summed E-state index contributed by atoms with van der Waals surface area (Å²) in [5, 5.41) is 13.1. The van der Waals surface area contributed by atoms with Crippen LogP contribution in [0.1, 0.15) is 54.7 Å². The Kier molecular flexibility index (Phi) is 2.06. The third-order valence-corrected chi connectivity index (χ3v) is 2.52. The zero-order chi connectivity index (χ0) is 10.3. The molecule has 1 aromatic heterocycles. The van der Waals surface area contributed by atoms with Crippen molar-refractivity contribution in [2.24, 2.45) is 0 Å². The van der Waals surface area contributed by atoms with E-state index < -0.39 is 5.97 Å². The van der Waals surface area contributed by atoms with E-state index in [9.17, 15) is 4.79 Å². The lowest BCUT2D eigenvalue weighted by atomic mass is 10.1. The minimum Gasteiger partial charge on any atom is -0.478 e. The zero-order valence-corrected chi connectivity index (χ0v) is 8.40. The third-order valence-electron chi connectivity index (χ3n) is 2.52. The van der Waals surface area contributed by atoms with Crippen LogP contribution in [0.15, 0.2) is 6.20 Å². The highest BCUT2D eigenvalue weighted by Gasteiger charge is 2.32. The zero-order valence-electron chi connectivity index (χ0n) is 8.40. The van der Waals surface area contributed by atoms with Crippen molar-refractivity contribution in [2.75, 3.05) is 0 Å². The van der Waals surface area contributed by atoms with Crippen LogP contribution in [0.3, 0.4) is 0 Å². The Labute approximate surface area is 82.5 Å². The van der Waals surface area contributed by atoms with Crippen LogP contribution in [0, 0.1) is 0 Å². The molecule has 1 aliphatic rings. The first-order valence-corrected chi connectivity index (χ1v) is 4.92. The van der Waals surface area contributed by atoms with E-state index in [1.54, 1.807) is 0 Å². The molecule has 1 aromatic rings. The number of hydrogen-bond acceptors (Lipinski definition) is 2. The van der Waals surface area contributed by atoms with Crippen molar-refractivity contribution >= 4 is 5.97 Å². The van der Waals surface area contributed by atoms with Gasteiger partial charge in [-0.25, -0.2) is 4.79 Å². The first kappa shape index (κ1) is 9.24. The Hall–Kier alpha value is -1.32. The lowest BCUT2D eigenvalue weighted by molar-refractivity contribution is 0.0695. The second-order valence-corrected chi connectivity index (χ2v) is 4.06. The van der Waals surface area contributed by atoms with Gasteiger partial charge in [-0.3, -0.25) is 4.68 Å². The molecular weight excluding hydrogens is 180 g/mol. The van der Waals surface area contributed by atoms with Gasteiger partial charge in [0.25, 0.3) is 0 Å². The van der Waals surface area contributed by atoms with Crippen LogP contribution in [-0.4, -0.2) is 20.9 Å². The predicted octanol–water partition coefficient (Wildman–Crippen LogP) is 2.04. The molecule has 2 rings (SSSR count). The number of rotatable bonds is 3. The summed E-state index contributed by atoms with van der Waals surface area (Å²) in [5.74, 6) is -0.440. The van der Waals surface area contributed by atoms with Crippen molar-refractivity contribution < 1.29 is 9.90 Å². The van der Waals surface area contributed by atoms with E-state index in [0.29, 0.717) is 11.5 Å². The maximum absolute atomic E-state index is 10.9. The Morgan fingerprint density at radius 3 is 2.71 bits per heavy atom. The molecule has 0 radical (unpaired) electrons. The van der Waals surface area contributed by atoms with Crippen molar-refractivity contribution in [2.45, 2.75) is 38.6 Å². The number of aromatic carboxylic acids is 1. The van der Waals surface area contributed by atoms with Crippen LogP contribution in [0.4, 0.5) is 0 Å². The molecule has 0 atom stereocenters. The summed E-state index contributed by atoms with van der Waals surface area (Å²) in [6.45, 7) is 4.04. The molecular formula is C10H14N2O2. The average Bonchev–Trinajstić information content (AvgIpc) is 2.83. The second-order valence-electron chi connectivity index (χ2n) is 4.06. The highest BCUT2D eigenvalue weighted by molar-refractivity contribution is 5.89. The van der Waals surface area contributed by atoms with Crippen LogP contribution in [-0.2, 0) is 0 Å². The van der Waals surface area contributed by atoms with Gasteiger partial charge in [0.05, 0.1) is 11.9 Å². The summed E-state index contributed by atoms with van der Waals surface area (Å²) in [7, 11) is 0. The fourth-order valence-electron chi connectivity index (χ4n) is 1.71. The second kappa shape index (κ2) is 3.12. The van der Waals surface area contributed by atoms with Crippen molar-refractivity contribution in [1.82, 2.24) is 9.78 Å². The summed E-state index contributed by atoms with van der Waals surface area (Å²) in [6, 6.07) is 0.235. The molecule has 14 heavy (non-hydrogen) atoms. The highest BCUT2D eigenvalue weighted by atomic mass is 16.4. The number of carboxylic acids is 1. The SMILES string of the molecule is CC(C)n1ncc(C(=O)O)c1C1CC1. The van der Waals surface area contributed by atoms with Gasteiger partial charge in [0.2, 0.25) is 0 Å². The number of carboxylic acid groups (broad SMARTS) is 1. The quantitative estimate of drug-likeness (QED) is 0.801.